The molecule has 0 amide bonds. The van der Waals surface area contributed by atoms with Crippen molar-refractivity contribution in [2.24, 2.45) is 0 Å². The van der Waals surface area contributed by atoms with E-state index >= 15 is 0 Å². The SMILES string of the molecule is O=C(OCc1cc(F)cc2c1O[C@H](c1ccccc1)OC2)c1ccco1. The molecule has 1 atom stereocenters. The zero-order valence-electron chi connectivity index (χ0n) is 13.7. The van der Waals surface area contributed by atoms with Gasteiger partial charge in [-0.25, -0.2) is 9.18 Å². The van der Waals surface area contributed by atoms with E-state index in [-0.39, 0.29) is 19.0 Å². The first-order chi connectivity index (χ1) is 12.7. The van der Waals surface area contributed by atoms with E-state index in [0.717, 1.165) is 5.56 Å². The summed E-state index contributed by atoms with van der Waals surface area (Å²) < 4.78 is 35.7. The Kier molecular flexibility index (Phi) is 4.41. The molecule has 132 valence electrons. The van der Waals surface area contributed by atoms with Crippen LogP contribution in [0.1, 0.15) is 33.5 Å². The van der Waals surface area contributed by atoms with E-state index in [4.69, 9.17) is 18.6 Å². The summed E-state index contributed by atoms with van der Waals surface area (Å²) in [6, 6.07) is 15.2. The molecule has 0 saturated heterocycles. The van der Waals surface area contributed by atoms with Crippen molar-refractivity contribution in [3.63, 3.8) is 0 Å². The second-order valence-electron chi connectivity index (χ2n) is 5.78. The van der Waals surface area contributed by atoms with Crippen molar-refractivity contribution in [3.05, 3.63) is 89.1 Å². The van der Waals surface area contributed by atoms with E-state index in [0.29, 0.717) is 16.9 Å². The summed E-state index contributed by atoms with van der Waals surface area (Å²) in [6.45, 7) is 0.0624. The number of halogens is 1. The van der Waals surface area contributed by atoms with Gasteiger partial charge in [0.15, 0.2) is 0 Å². The lowest BCUT2D eigenvalue weighted by atomic mass is 10.1. The van der Waals surface area contributed by atoms with Gasteiger partial charge in [0, 0.05) is 16.7 Å². The smallest absolute Gasteiger partial charge is 0.374 e. The van der Waals surface area contributed by atoms with Gasteiger partial charge in [0.05, 0.1) is 12.9 Å². The summed E-state index contributed by atoms with van der Waals surface area (Å²) in [6.07, 6.45) is 0.777. The Hall–Kier alpha value is -3.12. The predicted octanol–water partition coefficient (Wildman–Crippen LogP) is 4.38. The van der Waals surface area contributed by atoms with E-state index in [9.17, 15) is 9.18 Å². The number of hydrogen-bond acceptors (Lipinski definition) is 5. The number of rotatable bonds is 4. The van der Waals surface area contributed by atoms with Crippen molar-refractivity contribution >= 4 is 5.97 Å². The van der Waals surface area contributed by atoms with Gasteiger partial charge < -0.3 is 18.6 Å². The molecule has 0 aliphatic carbocycles. The van der Waals surface area contributed by atoms with Crippen LogP contribution in [0.3, 0.4) is 0 Å². The lowest BCUT2D eigenvalue weighted by Gasteiger charge is -2.28. The molecule has 3 aromatic rings. The molecule has 2 heterocycles. The van der Waals surface area contributed by atoms with E-state index in [2.05, 4.69) is 0 Å². The number of furan rings is 1. The molecule has 2 aromatic carbocycles. The third-order valence-electron chi connectivity index (χ3n) is 3.98. The number of benzene rings is 2. The molecule has 0 N–H and O–H groups in total. The topological polar surface area (TPSA) is 57.9 Å². The molecule has 0 radical (unpaired) electrons. The normalized spacial score (nSPS) is 15.8. The number of hydrogen-bond donors (Lipinski definition) is 0. The summed E-state index contributed by atoms with van der Waals surface area (Å²) >= 11 is 0. The van der Waals surface area contributed by atoms with Crippen LogP contribution in [0.25, 0.3) is 0 Å². The van der Waals surface area contributed by atoms with E-state index in [1.54, 1.807) is 6.07 Å². The Balaban J connectivity index is 1.56. The van der Waals surface area contributed by atoms with Gasteiger partial charge >= 0.3 is 5.97 Å². The number of carbonyl (C=O) groups is 1. The van der Waals surface area contributed by atoms with Gasteiger partial charge in [-0.1, -0.05) is 30.3 Å². The molecule has 1 aromatic heterocycles. The fraction of sp³-hybridized carbons (Fsp3) is 0.150. The molecule has 1 aliphatic rings. The largest absolute Gasteiger partial charge is 0.460 e. The molecule has 0 unspecified atom stereocenters. The highest BCUT2D eigenvalue weighted by molar-refractivity contribution is 5.86. The van der Waals surface area contributed by atoms with E-state index in [1.807, 2.05) is 30.3 Å². The summed E-state index contributed by atoms with van der Waals surface area (Å²) in [7, 11) is 0. The standard InChI is InChI=1S/C20H15FO5/c21-16-9-14(11-24-19(22)17-7-4-8-23-17)18-15(10-16)12-25-20(26-18)13-5-2-1-3-6-13/h1-10,20H,11-12H2/t20-/m1/s1. The Morgan fingerprint density at radius 1 is 1.15 bits per heavy atom. The Morgan fingerprint density at radius 3 is 2.77 bits per heavy atom. The molecule has 0 spiro atoms. The minimum Gasteiger partial charge on any atom is -0.460 e. The van der Waals surface area contributed by atoms with Gasteiger partial charge in [-0.05, 0) is 24.3 Å². The van der Waals surface area contributed by atoms with Crippen LogP contribution in [0.5, 0.6) is 5.75 Å². The van der Waals surface area contributed by atoms with Crippen LogP contribution in [-0.2, 0) is 22.7 Å². The maximum atomic E-state index is 13.9. The minimum atomic E-state index is -0.625. The maximum absolute atomic E-state index is 13.9. The Morgan fingerprint density at radius 2 is 2.00 bits per heavy atom. The molecule has 1 aliphatic heterocycles. The van der Waals surface area contributed by atoms with Gasteiger partial charge in [-0.15, -0.1) is 0 Å². The predicted molar refractivity (Wildman–Crippen MR) is 88.8 cm³/mol. The summed E-state index contributed by atoms with van der Waals surface area (Å²) in [4.78, 5) is 11.9. The molecule has 6 heteroatoms. The van der Waals surface area contributed by atoms with Crippen LogP contribution in [0, 0.1) is 5.82 Å². The first kappa shape index (κ1) is 16.4. The Bertz CT molecular complexity index is 905. The lowest BCUT2D eigenvalue weighted by molar-refractivity contribution is -0.112. The molecule has 0 bridgehead atoms. The molecule has 5 nitrogen and oxygen atoms in total. The van der Waals surface area contributed by atoms with Crippen LogP contribution >= 0.6 is 0 Å². The van der Waals surface area contributed by atoms with Crippen molar-refractivity contribution in [2.45, 2.75) is 19.5 Å². The molecule has 26 heavy (non-hydrogen) atoms. The van der Waals surface area contributed by atoms with Gasteiger partial charge in [0.25, 0.3) is 0 Å². The fourth-order valence-electron chi connectivity index (χ4n) is 2.77. The second kappa shape index (κ2) is 7.01. The molecule has 0 saturated carbocycles. The van der Waals surface area contributed by atoms with Crippen LogP contribution in [0.4, 0.5) is 4.39 Å². The van der Waals surface area contributed by atoms with Crippen molar-refractivity contribution in [3.8, 4) is 5.75 Å². The molecule has 0 fully saturated rings. The van der Waals surface area contributed by atoms with Gasteiger partial charge in [-0.2, -0.15) is 0 Å². The van der Waals surface area contributed by atoms with Crippen LogP contribution < -0.4 is 4.74 Å². The monoisotopic (exact) mass is 354 g/mol. The Labute approximate surface area is 148 Å². The van der Waals surface area contributed by atoms with Crippen LogP contribution in [-0.4, -0.2) is 5.97 Å². The molecule has 4 rings (SSSR count). The zero-order valence-corrected chi connectivity index (χ0v) is 13.7. The maximum Gasteiger partial charge on any atom is 0.374 e. The van der Waals surface area contributed by atoms with Crippen molar-refractivity contribution in [2.75, 3.05) is 0 Å². The highest BCUT2D eigenvalue weighted by atomic mass is 19.1. The third-order valence-corrected chi connectivity index (χ3v) is 3.98. The van der Waals surface area contributed by atoms with Crippen molar-refractivity contribution < 1.29 is 27.8 Å². The quantitative estimate of drug-likeness (QED) is 0.651. The number of carbonyl (C=O) groups excluding carboxylic acids is 1. The molecular weight excluding hydrogens is 339 g/mol. The van der Waals surface area contributed by atoms with Crippen LogP contribution in [0.2, 0.25) is 0 Å². The average Bonchev–Trinajstić information content (AvgIpc) is 3.21. The fourth-order valence-corrected chi connectivity index (χ4v) is 2.77. The van der Waals surface area contributed by atoms with Crippen molar-refractivity contribution in [1.29, 1.82) is 0 Å². The van der Waals surface area contributed by atoms with Gasteiger partial charge in [0.1, 0.15) is 18.2 Å². The van der Waals surface area contributed by atoms with Crippen LogP contribution in [0.15, 0.2) is 65.3 Å². The van der Waals surface area contributed by atoms with E-state index in [1.165, 1.54) is 24.5 Å². The van der Waals surface area contributed by atoms with Gasteiger partial charge in [-0.3, -0.25) is 0 Å². The first-order valence-corrected chi connectivity index (χ1v) is 8.06. The lowest BCUT2D eigenvalue weighted by Crippen LogP contribution is -2.20. The first-order valence-electron chi connectivity index (χ1n) is 8.06. The summed E-state index contributed by atoms with van der Waals surface area (Å²) in [5.41, 5.74) is 1.85. The zero-order chi connectivity index (χ0) is 17.9. The third kappa shape index (κ3) is 3.32. The number of ether oxygens (including phenoxy) is 3. The highest BCUT2D eigenvalue weighted by Crippen LogP contribution is 2.36. The van der Waals surface area contributed by atoms with Crippen molar-refractivity contribution in [1.82, 2.24) is 0 Å². The molecular formula is C20H15FO5. The number of fused-ring (bicyclic) bond motifs is 1. The average molecular weight is 354 g/mol. The van der Waals surface area contributed by atoms with Gasteiger partial charge in [0.2, 0.25) is 12.1 Å². The minimum absolute atomic E-state index is 0.0849. The highest BCUT2D eigenvalue weighted by Gasteiger charge is 2.25. The summed E-state index contributed by atoms with van der Waals surface area (Å²) in [5.74, 6) is -0.515. The van der Waals surface area contributed by atoms with E-state index < -0.39 is 18.1 Å². The summed E-state index contributed by atoms with van der Waals surface area (Å²) in [5, 5.41) is 0. The second-order valence-corrected chi connectivity index (χ2v) is 5.78. The number of esters is 1.